The van der Waals surface area contributed by atoms with E-state index < -0.39 is 24.7 Å². The van der Waals surface area contributed by atoms with Gasteiger partial charge in [0.15, 0.2) is 0 Å². The van der Waals surface area contributed by atoms with Crippen LogP contribution in [0.25, 0.3) is 0 Å². The van der Waals surface area contributed by atoms with Crippen molar-refractivity contribution in [1.29, 1.82) is 0 Å². The van der Waals surface area contributed by atoms with Gasteiger partial charge in [0, 0.05) is 6.20 Å². The molecule has 0 saturated heterocycles. The summed E-state index contributed by atoms with van der Waals surface area (Å²) in [5.41, 5.74) is 5.46. The highest BCUT2D eigenvalue weighted by molar-refractivity contribution is 5.94. The van der Waals surface area contributed by atoms with Gasteiger partial charge in [0.2, 0.25) is 5.91 Å². The van der Waals surface area contributed by atoms with Crippen LogP contribution >= 0.6 is 0 Å². The third kappa shape index (κ3) is 3.89. The molecule has 1 aromatic heterocycles. The Kier molecular flexibility index (Phi) is 3.53. The molecule has 0 saturated carbocycles. The van der Waals surface area contributed by atoms with E-state index in [2.05, 4.69) is 10.4 Å². The number of hydrogen-bond acceptors (Lipinski definition) is 3. The third-order valence-electron chi connectivity index (χ3n) is 1.66. The standard InChI is InChI=1S/C8H11F3N4O/c1-5(12)7(16)14-6-2-13-15(3-6)4-8(9,10)11/h2-3,5H,4,12H2,1H3,(H,14,16)/t5-/m1/s1. The Balaban J connectivity index is 2.62. The molecule has 1 rings (SSSR count). The first-order chi connectivity index (χ1) is 7.28. The van der Waals surface area contributed by atoms with E-state index in [1.54, 1.807) is 0 Å². The average Bonchev–Trinajstić information content (AvgIpc) is 2.49. The lowest BCUT2D eigenvalue weighted by Crippen LogP contribution is -2.32. The predicted octanol–water partition coefficient (Wildman–Crippen LogP) is 0.731. The van der Waals surface area contributed by atoms with Gasteiger partial charge in [0.1, 0.15) is 6.54 Å². The maximum atomic E-state index is 12.0. The van der Waals surface area contributed by atoms with Crippen LogP contribution < -0.4 is 11.1 Å². The summed E-state index contributed by atoms with van der Waals surface area (Å²) in [5, 5.41) is 5.79. The summed E-state index contributed by atoms with van der Waals surface area (Å²) in [6.07, 6.45) is -2.12. The fraction of sp³-hybridized carbons (Fsp3) is 0.500. The van der Waals surface area contributed by atoms with Gasteiger partial charge in [-0.3, -0.25) is 9.48 Å². The van der Waals surface area contributed by atoms with Gasteiger partial charge in [-0.15, -0.1) is 0 Å². The molecule has 8 heteroatoms. The molecule has 0 spiro atoms. The first-order valence-electron chi connectivity index (χ1n) is 4.43. The summed E-state index contributed by atoms with van der Waals surface area (Å²) >= 11 is 0. The van der Waals surface area contributed by atoms with Crippen molar-refractivity contribution in [2.24, 2.45) is 5.73 Å². The number of alkyl halides is 3. The number of carbonyl (C=O) groups is 1. The van der Waals surface area contributed by atoms with Crippen molar-refractivity contribution < 1.29 is 18.0 Å². The molecule has 0 radical (unpaired) electrons. The summed E-state index contributed by atoms with van der Waals surface area (Å²) in [5.74, 6) is -0.480. The first-order valence-corrected chi connectivity index (χ1v) is 4.43. The number of aromatic nitrogens is 2. The number of nitrogens with one attached hydrogen (secondary N) is 1. The van der Waals surface area contributed by atoms with Crippen LogP contribution in [0.15, 0.2) is 12.4 Å². The van der Waals surface area contributed by atoms with Gasteiger partial charge in [-0.1, -0.05) is 0 Å². The van der Waals surface area contributed by atoms with Crippen molar-refractivity contribution in [3.05, 3.63) is 12.4 Å². The van der Waals surface area contributed by atoms with Crippen molar-refractivity contribution in [3.63, 3.8) is 0 Å². The zero-order chi connectivity index (χ0) is 12.3. The molecular formula is C8H11F3N4O. The Morgan fingerprint density at radius 3 is 2.81 bits per heavy atom. The monoisotopic (exact) mass is 236 g/mol. The minimum atomic E-state index is -4.34. The lowest BCUT2D eigenvalue weighted by Gasteiger charge is -2.06. The van der Waals surface area contributed by atoms with E-state index in [0.29, 0.717) is 4.68 Å². The molecule has 0 aliphatic heterocycles. The number of nitrogens with zero attached hydrogens (tertiary/aromatic N) is 2. The number of anilines is 1. The van der Waals surface area contributed by atoms with E-state index in [-0.39, 0.29) is 5.69 Å². The summed E-state index contributed by atoms with van der Waals surface area (Å²) in [6.45, 7) is 0.274. The number of carbonyl (C=O) groups excluding carboxylic acids is 1. The molecule has 3 N–H and O–H groups in total. The van der Waals surface area contributed by atoms with Crippen molar-refractivity contribution in [2.75, 3.05) is 5.32 Å². The van der Waals surface area contributed by atoms with Crippen LogP contribution in [0.1, 0.15) is 6.92 Å². The summed E-state index contributed by atoms with van der Waals surface area (Å²) in [7, 11) is 0. The Morgan fingerprint density at radius 2 is 2.31 bits per heavy atom. The largest absolute Gasteiger partial charge is 0.408 e. The number of hydrogen-bond donors (Lipinski definition) is 2. The average molecular weight is 236 g/mol. The summed E-state index contributed by atoms with van der Waals surface area (Å²) in [6, 6.07) is -0.731. The maximum absolute atomic E-state index is 12.0. The Hall–Kier alpha value is -1.57. The molecule has 1 aromatic rings. The van der Waals surface area contributed by atoms with E-state index in [0.717, 1.165) is 12.4 Å². The van der Waals surface area contributed by atoms with E-state index in [4.69, 9.17) is 5.73 Å². The number of halogens is 3. The highest BCUT2D eigenvalue weighted by atomic mass is 19.4. The number of nitrogens with two attached hydrogens (primary N) is 1. The zero-order valence-corrected chi connectivity index (χ0v) is 8.45. The zero-order valence-electron chi connectivity index (χ0n) is 8.45. The second-order valence-electron chi connectivity index (χ2n) is 3.32. The maximum Gasteiger partial charge on any atom is 0.408 e. The molecule has 0 fully saturated rings. The lowest BCUT2D eigenvalue weighted by atomic mass is 10.3. The topological polar surface area (TPSA) is 72.9 Å². The Labute approximate surface area is 89.4 Å². The van der Waals surface area contributed by atoms with Crippen LogP contribution in [0, 0.1) is 0 Å². The fourth-order valence-corrected chi connectivity index (χ4v) is 0.954. The van der Waals surface area contributed by atoms with Crippen LogP contribution in [0.4, 0.5) is 18.9 Å². The second kappa shape index (κ2) is 4.52. The lowest BCUT2D eigenvalue weighted by molar-refractivity contribution is -0.142. The molecule has 1 heterocycles. The molecule has 0 aliphatic rings. The molecular weight excluding hydrogens is 225 g/mol. The van der Waals surface area contributed by atoms with Crippen molar-refractivity contribution in [3.8, 4) is 0 Å². The minimum absolute atomic E-state index is 0.187. The van der Waals surface area contributed by atoms with Gasteiger partial charge in [-0.2, -0.15) is 18.3 Å². The molecule has 1 amide bonds. The fourth-order valence-electron chi connectivity index (χ4n) is 0.954. The van der Waals surface area contributed by atoms with Gasteiger partial charge in [0.05, 0.1) is 17.9 Å². The first kappa shape index (κ1) is 12.5. The molecule has 16 heavy (non-hydrogen) atoms. The molecule has 0 bridgehead atoms. The van der Waals surface area contributed by atoms with Crippen LogP contribution in [0.3, 0.4) is 0 Å². The molecule has 90 valence electrons. The van der Waals surface area contributed by atoms with Gasteiger partial charge < -0.3 is 11.1 Å². The van der Waals surface area contributed by atoms with E-state index in [1.807, 2.05) is 0 Å². The van der Waals surface area contributed by atoms with Crippen molar-refractivity contribution in [1.82, 2.24) is 9.78 Å². The third-order valence-corrected chi connectivity index (χ3v) is 1.66. The number of rotatable bonds is 3. The van der Waals surface area contributed by atoms with Gasteiger partial charge in [-0.05, 0) is 6.92 Å². The highest BCUT2D eigenvalue weighted by Gasteiger charge is 2.28. The van der Waals surface area contributed by atoms with Crippen LogP contribution in [-0.4, -0.2) is 27.9 Å². The molecule has 1 atom stereocenters. The van der Waals surface area contributed by atoms with Crippen molar-refractivity contribution in [2.45, 2.75) is 25.7 Å². The predicted molar refractivity (Wildman–Crippen MR) is 50.6 cm³/mol. The molecule has 5 nitrogen and oxygen atoms in total. The Morgan fingerprint density at radius 1 is 1.69 bits per heavy atom. The van der Waals surface area contributed by atoms with E-state index >= 15 is 0 Å². The van der Waals surface area contributed by atoms with Crippen molar-refractivity contribution >= 4 is 11.6 Å². The smallest absolute Gasteiger partial charge is 0.322 e. The molecule has 0 aromatic carbocycles. The van der Waals surface area contributed by atoms with Crippen LogP contribution in [-0.2, 0) is 11.3 Å². The second-order valence-corrected chi connectivity index (χ2v) is 3.32. The van der Waals surface area contributed by atoms with Gasteiger partial charge in [-0.25, -0.2) is 0 Å². The van der Waals surface area contributed by atoms with E-state index in [1.165, 1.54) is 6.92 Å². The SMILES string of the molecule is C[C@@H](N)C(=O)Nc1cnn(CC(F)(F)F)c1. The highest BCUT2D eigenvalue weighted by Crippen LogP contribution is 2.17. The van der Waals surface area contributed by atoms with E-state index in [9.17, 15) is 18.0 Å². The molecule has 0 unspecified atom stereocenters. The van der Waals surface area contributed by atoms with Crippen LogP contribution in [0.5, 0.6) is 0 Å². The quantitative estimate of drug-likeness (QED) is 0.812. The summed E-state index contributed by atoms with van der Waals surface area (Å²) < 4.78 is 36.6. The normalized spacial score (nSPS) is 13.6. The molecule has 0 aliphatic carbocycles. The van der Waals surface area contributed by atoms with Crippen LogP contribution in [0.2, 0.25) is 0 Å². The van der Waals surface area contributed by atoms with Gasteiger partial charge >= 0.3 is 6.18 Å². The van der Waals surface area contributed by atoms with Gasteiger partial charge in [0.25, 0.3) is 0 Å². The minimum Gasteiger partial charge on any atom is -0.322 e. The Bertz CT molecular complexity index is 372. The number of amides is 1. The summed E-state index contributed by atoms with van der Waals surface area (Å²) in [4.78, 5) is 11.1.